The van der Waals surface area contributed by atoms with Crippen molar-refractivity contribution in [3.05, 3.63) is 11.2 Å². The first-order valence-electron chi connectivity index (χ1n) is 2.32. The first kappa shape index (κ1) is 6.22. The van der Waals surface area contributed by atoms with Crippen LogP contribution in [0.3, 0.4) is 0 Å². The molecule has 0 aliphatic rings. The van der Waals surface area contributed by atoms with Gasteiger partial charge in [-0.05, 0) is 0 Å². The van der Waals surface area contributed by atoms with Crippen molar-refractivity contribution in [2.75, 3.05) is 7.11 Å². The zero-order valence-corrected chi connectivity index (χ0v) is 5.64. The molecule has 1 aromatic heterocycles. The number of hydrogen-bond donors (Lipinski definition) is 0. The van der Waals surface area contributed by atoms with E-state index >= 15 is 0 Å². The number of aromatic nitrogens is 1. The molecule has 0 aliphatic heterocycles. The highest BCUT2D eigenvalue weighted by Gasteiger charge is 1.97. The van der Waals surface area contributed by atoms with E-state index in [4.69, 9.17) is 4.74 Å². The fourth-order valence-corrected chi connectivity index (χ4v) is 0.969. The van der Waals surface area contributed by atoms with Crippen molar-refractivity contribution in [1.82, 2.24) is 4.98 Å². The lowest BCUT2D eigenvalue weighted by molar-refractivity contribution is 0.112. The molecular weight excluding hydrogens is 138 g/mol. The zero-order valence-electron chi connectivity index (χ0n) is 4.83. The second kappa shape index (κ2) is 2.59. The standard InChI is InChI=1S/C5H5NO2S/c1-8-5-2-6-4(3-7)9-5/h2-3H,1H3. The molecule has 1 rings (SSSR count). The minimum atomic E-state index is 0.451. The predicted molar refractivity (Wildman–Crippen MR) is 34.1 cm³/mol. The smallest absolute Gasteiger partial charge is 0.194 e. The average molecular weight is 143 g/mol. The van der Waals surface area contributed by atoms with Crippen LogP contribution in [0.1, 0.15) is 9.80 Å². The van der Waals surface area contributed by atoms with Crippen LogP contribution in [0, 0.1) is 0 Å². The van der Waals surface area contributed by atoms with Crippen LogP contribution in [0.15, 0.2) is 6.20 Å². The van der Waals surface area contributed by atoms with Crippen molar-refractivity contribution in [2.24, 2.45) is 0 Å². The summed E-state index contributed by atoms with van der Waals surface area (Å²) < 4.78 is 4.79. The highest BCUT2D eigenvalue weighted by atomic mass is 32.1. The highest BCUT2D eigenvalue weighted by molar-refractivity contribution is 7.15. The summed E-state index contributed by atoms with van der Waals surface area (Å²) in [6.45, 7) is 0. The number of aldehydes is 1. The number of carbonyl (C=O) groups is 1. The van der Waals surface area contributed by atoms with Crippen molar-refractivity contribution < 1.29 is 9.53 Å². The quantitative estimate of drug-likeness (QED) is 0.579. The molecule has 0 atom stereocenters. The van der Waals surface area contributed by atoms with Gasteiger partial charge in [-0.3, -0.25) is 4.79 Å². The van der Waals surface area contributed by atoms with E-state index in [0.717, 1.165) is 0 Å². The van der Waals surface area contributed by atoms with Crippen LogP contribution in [0.2, 0.25) is 0 Å². The van der Waals surface area contributed by atoms with E-state index in [0.29, 0.717) is 16.4 Å². The third-order valence-corrected chi connectivity index (χ3v) is 1.69. The first-order chi connectivity index (χ1) is 4.36. The van der Waals surface area contributed by atoms with Crippen LogP contribution in [-0.2, 0) is 0 Å². The van der Waals surface area contributed by atoms with Crippen LogP contribution in [0.4, 0.5) is 0 Å². The van der Waals surface area contributed by atoms with E-state index in [1.54, 1.807) is 7.11 Å². The number of rotatable bonds is 2. The van der Waals surface area contributed by atoms with Gasteiger partial charge in [0.25, 0.3) is 0 Å². The Morgan fingerprint density at radius 2 is 2.67 bits per heavy atom. The Morgan fingerprint density at radius 1 is 1.89 bits per heavy atom. The summed E-state index contributed by atoms with van der Waals surface area (Å²) in [6, 6.07) is 0. The van der Waals surface area contributed by atoms with Crippen LogP contribution < -0.4 is 4.74 Å². The topological polar surface area (TPSA) is 39.2 Å². The van der Waals surface area contributed by atoms with Gasteiger partial charge in [0, 0.05) is 0 Å². The maximum Gasteiger partial charge on any atom is 0.194 e. The molecule has 0 bridgehead atoms. The van der Waals surface area contributed by atoms with E-state index in [1.807, 2.05) is 0 Å². The summed E-state index contributed by atoms with van der Waals surface area (Å²) in [4.78, 5) is 13.8. The lowest BCUT2D eigenvalue weighted by Gasteiger charge is -1.85. The summed E-state index contributed by atoms with van der Waals surface area (Å²) >= 11 is 1.23. The molecule has 9 heavy (non-hydrogen) atoms. The van der Waals surface area contributed by atoms with Gasteiger partial charge in [-0.25, -0.2) is 4.98 Å². The van der Waals surface area contributed by atoms with Gasteiger partial charge in [0.15, 0.2) is 16.4 Å². The third kappa shape index (κ3) is 1.26. The molecule has 0 unspecified atom stereocenters. The number of methoxy groups -OCH3 is 1. The Balaban J connectivity index is 2.86. The molecule has 1 heterocycles. The molecule has 0 saturated heterocycles. The number of ether oxygens (including phenoxy) is 1. The summed E-state index contributed by atoms with van der Waals surface area (Å²) in [7, 11) is 1.54. The van der Waals surface area contributed by atoms with Crippen molar-refractivity contribution in [3.8, 4) is 5.06 Å². The Bertz CT molecular complexity index is 208. The SMILES string of the molecule is COc1cnc(C=O)s1. The van der Waals surface area contributed by atoms with Gasteiger partial charge in [-0.1, -0.05) is 11.3 Å². The number of nitrogens with zero attached hydrogens (tertiary/aromatic N) is 1. The maximum absolute atomic E-state index is 10.0. The minimum absolute atomic E-state index is 0.451. The summed E-state index contributed by atoms with van der Waals surface area (Å²) in [5, 5.41) is 1.11. The molecule has 0 aliphatic carbocycles. The summed E-state index contributed by atoms with van der Waals surface area (Å²) in [5.41, 5.74) is 0. The van der Waals surface area contributed by atoms with Gasteiger partial charge in [-0.15, -0.1) is 0 Å². The van der Waals surface area contributed by atoms with E-state index < -0.39 is 0 Å². The molecule has 0 spiro atoms. The highest BCUT2D eigenvalue weighted by Crippen LogP contribution is 2.18. The van der Waals surface area contributed by atoms with Crippen molar-refractivity contribution in [1.29, 1.82) is 0 Å². The van der Waals surface area contributed by atoms with Gasteiger partial charge in [0.1, 0.15) is 0 Å². The van der Waals surface area contributed by atoms with E-state index in [1.165, 1.54) is 17.5 Å². The van der Waals surface area contributed by atoms with E-state index in [9.17, 15) is 4.79 Å². The molecule has 3 nitrogen and oxygen atoms in total. The molecule has 1 aromatic rings. The average Bonchev–Trinajstić information content (AvgIpc) is 2.34. The third-order valence-electron chi connectivity index (χ3n) is 0.804. The Hall–Kier alpha value is -0.900. The normalized spacial score (nSPS) is 9.00. The molecule has 0 fully saturated rings. The second-order valence-corrected chi connectivity index (χ2v) is 2.36. The molecule has 0 aromatic carbocycles. The second-order valence-electron chi connectivity index (χ2n) is 1.34. The van der Waals surface area contributed by atoms with Gasteiger partial charge >= 0.3 is 0 Å². The Morgan fingerprint density at radius 3 is 3.00 bits per heavy atom. The fourth-order valence-electron chi connectivity index (χ4n) is 0.421. The number of hydrogen-bond acceptors (Lipinski definition) is 4. The van der Waals surface area contributed by atoms with Gasteiger partial charge < -0.3 is 4.74 Å². The fraction of sp³-hybridized carbons (Fsp3) is 0.200. The molecular formula is C5H5NO2S. The van der Waals surface area contributed by atoms with Gasteiger partial charge in [0.05, 0.1) is 13.3 Å². The van der Waals surface area contributed by atoms with Gasteiger partial charge in [0.2, 0.25) is 0 Å². The van der Waals surface area contributed by atoms with Crippen LogP contribution in [0.25, 0.3) is 0 Å². The zero-order chi connectivity index (χ0) is 6.69. The lowest BCUT2D eigenvalue weighted by Crippen LogP contribution is -1.73. The van der Waals surface area contributed by atoms with Crippen molar-refractivity contribution >= 4 is 17.6 Å². The van der Waals surface area contributed by atoms with Crippen LogP contribution >= 0.6 is 11.3 Å². The Labute approximate surface area is 56.3 Å². The van der Waals surface area contributed by atoms with Crippen LogP contribution in [0.5, 0.6) is 5.06 Å². The molecule has 0 N–H and O–H groups in total. The van der Waals surface area contributed by atoms with Crippen molar-refractivity contribution in [3.63, 3.8) is 0 Å². The monoisotopic (exact) mass is 143 g/mol. The maximum atomic E-state index is 10.0. The summed E-state index contributed by atoms with van der Waals surface area (Å²) in [6.07, 6.45) is 2.22. The van der Waals surface area contributed by atoms with E-state index in [-0.39, 0.29) is 0 Å². The van der Waals surface area contributed by atoms with Crippen molar-refractivity contribution in [2.45, 2.75) is 0 Å². The number of carbonyl (C=O) groups excluding carboxylic acids is 1. The Kier molecular flexibility index (Phi) is 1.79. The van der Waals surface area contributed by atoms with E-state index in [2.05, 4.69) is 4.98 Å². The largest absolute Gasteiger partial charge is 0.486 e. The summed E-state index contributed by atoms with van der Waals surface area (Å²) in [5.74, 6) is 0. The minimum Gasteiger partial charge on any atom is -0.486 e. The number of thiazole rings is 1. The van der Waals surface area contributed by atoms with Crippen LogP contribution in [-0.4, -0.2) is 18.4 Å². The predicted octanol–water partition coefficient (Wildman–Crippen LogP) is 0.964. The molecule has 4 heteroatoms. The first-order valence-corrected chi connectivity index (χ1v) is 3.13. The molecule has 48 valence electrons. The lowest BCUT2D eigenvalue weighted by atomic mass is 10.8. The molecule has 0 amide bonds. The molecule has 0 radical (unpaired) electrons. The van der Waals surface area contributed by atoms with Gasteiger partial charge in [-0.2, -0.15) is 0 Å². The molecule has 0 saturated carbocycles.